The summed E-state index contributed by atoms with van der Waals surface area (Å²) in [4.78, 5) is 22.7. The van der Waals surface area contributed by atoms with Crippen molar-refractivity contribution in [2.75, 3.05) is 13.2 Å². The third-order valence-corrected chi connectivity index (χ3v) is 4.01. The molecule has 0 aliphatic rings. The standard InChI is InChI=1S/C14H17Br2NO4/c1-8(2)10(14(19)20)6-17-13(18)7-21-12-4-3-9(15)5-11(12)16/h3-5,8,10H,6-7H2,1-2H3,(H,17,18)(H,19,20). The van der Waals surface area contributed by atoms with Gasteiger partial charge in [-0.1, -0.05) is 29.8 Å². The Balaban J connectivity index is 2.45. The van der Waals surface area contributed by atoms with E-state index in [0.717, 1.165) is 8.95 Å². The molecule has 1 aromatic carbocycles. The number of ether oxygens (including phenoxy) is 1. The first-order valence-electron chi connectivity index (χ1n) is 6.38. The first kappa shape index (κ1) is 18.0. The zero-order valence-corrected chi connectivity index (χ0v) is 14.9. The molecule has 5 nitrogen and oxygen atoms in total. The molecule has 2 N–H and O–H groups in total. The van der Waals surface area contributed by atoms with Gasteiger partial charge in [-0.3, -0.25) is 9.59 Å². The Labute approximate surface area is 140 Å². The monoisotopic (exact) mass is 421 g/mol. The number of hydrogen-bond acceptors (Lipinski definition) is 3. The molecule has 1 amide bonds. The summed E-state index contributed by atoms with van der Waals surface area (Å²) >= 11 is 6.66. The van der Waals surface area contributed by atoms with Crippen molar-refractivity contribution in [2.45, 2.75) is 13.8 Å². The maximum Gasteiger partial charge on any atom is 0.308 e. The molecule has 0 saturated carbocycles. The molecule has 1 aromatic rings. The Hall–Kier alpha value is -1.08. The number of carbonyl (C=O) groups is 2. The van der Waals surface area contributed by atoms with E-state index in [1.54, 1.807) is 26.0 Å². The summed E-state index contributed by atoms with van der Waals surface area (Å²) in [6.07, 6.45) is 0. The Morgan fingerprint density at radius 1 is 1.33 bits per heavy atom. The second-order valence-electron chi connectivity index (χ2n) is 4.86. The van der Waals surface area contributed by atoms with Crippen LogP contribution < -0.4 is 10.1 Å². The van der Waals surface area contributed by atoms with Crippen LogP contribution in [0.25, 0.3) is 0 Å². The molecule has 0 radical (unpaired) electrons. The second-order valence-corrected chi connectivity index (χ2v) is 6.63. The second kappa shape index (κ2) is 8.38. The smallest absolute Gasteiger partial charge is 0.308 e. The highest BCUT2D eigenvalue weighted by Crippen LogP contribution is 2.28. The number of aliphatic carboxylic acids is 1. The van der Waals surface area contributed by atoms with Gasteiger partial charge in [-0.2, -0.15) is 0 Å². The molecule has 0 fully saturated rings. The number of hydrogen-bond donors (Lipinski definition) is 2. The van der Waals surface area contributed by atoms with Gasteiger partial charge in [0, 0.05) is 11.0 Å². The van der Waals surface area contributed by atoms with E-state index in [0.29, 0.717) is 5.75 Å². The summed E-state index contributed by atoms with van der Waals surface area (Å²) in [5.41, 5.74) is 0. The molecule has 0 aromatic heterocycles. The highest BCUT2D eigenvalue weighted by Gasteiger charge is 2.22. The molecule has 7 heteroatoms. The van der Waals surface area contributed by atoms with E-state index in [-0.39, 0.29) is 25.0 Å². The van der Waals surface area contributed by atoms with E-state index in [1.807, 2.05) is 6.07 Å². The summed E-state index contributed by atoms with van der Waals surface area (Å²) in [6.45, 7) is 3.54. The molecule has 1 unspecified atom stereocenters. The van der Waals surface area contributed by atoms with Crippen molar-refractivity contribution < 1.29 is 19.4 Å². The minimum Gasteiger partial charge on any atom is -0.483 e. The minimum atomic E-state index is -0.915. The summed E-state index contributed by atoms with van der Waals surface area (Å²) in [7, 11) is 0. The van der Waals surface area contributed by atoms with Gasteiger partial charge in [-0.05, 0) is 40.0 Å². The van der Waals surface area contributed by atoms with Crippen molar-refractivity contribution in [3.8, 4) is 5.75 Å². The minimum absolute atomic E-state index is 0.0515. The van der Waals surface area contributed by atoms with E-state index in [4.69, 9.17) is 9.84 Å². The van der Waals surface area contributed by atoms with Crippen LogP contribution in [0, 0.1) is 11.8 Å². The molecule has 116 valence electrons. The van der Waals surface area contributed by atoms with Gasteiger partial charge in [0.2, 0.25) is 0 Å². The SMILES string of the molecule is CC(C)C(CNC(=O)COc1ccc(Br)cc1Br)C(=O)O. The van der Waals surface area contributed by atoms with Crippen LogP contribution in [0.1, 0.15) is 13.8 Å². The largest absolute Gasteiger partial charge is 0.483 e. The van der Waals surface area contributed by atoms with Gasteiger partial charge in [0.05, 0.1) is 10.4 Å². The van der Waals surface area contributed by atoms with Crippen LogP contribution in [-0.2, 0) is 9.59 Å². The molecule has 0 aliphatic heterocycles. The molecule has 0 aliphatic carbocycles. The van der Waals surface area contributed by atoms with Crippen molar-refractivity contribution in [1.82, 2.24) is 5.32 Å². The van der Waals surface area contributed by atoms with E-state index in [2.05, 4.69) is 37.2 Å². The maximum atomic E-state index is 11.7. The summed E-state index contributed by atoms with van der Waals surface area (Å²) in [5, 5.41) is 11.6. The van der Waals surface area contributed by atoms with E-state index in [1.165, 1.54) is 0 Å². The van der Waals surface area contributed by atoms with E-state index < -0.39 is 11.9 Å². The van der Waals surface area contributed by atoms with Gasteiger partial charge < -0.3 is 15.2 Å². The van der Waals surface area contributed by atoms with Crippen LogP contribution in [0.4, 0.5) is 0 Å². The van der Waals surface area contributed by atoms with Crippen LogP contribution in [0.15, 0.2) is 27.1 Å². The maximum absolute atomic E-state index is 11.7. The van der Waals surface area contributed by atoms with Gasteiger partial charge in [-0.15, -0.1) is 0 Å². The van der Waals surface area contributed by atoms with Gasteiger partial charge in [0.15, 0.2) is 6.61 Å². The predicted octanol–water partition coefficient (Wildman–Crippen LogP) is 3.06. The number of carbonyl (C=O) groups excluding carboxylic acids is 1. The van der Waals surface area contributed by atoms with Crippen LogP contribution >= 0.6 is 31.9 Å². The third-order valence-electron chi connectivity index (χ3n) is 2.89. The fourth-order valence-electron chi connectivity index (χ4n) is 1.62. The first-order valence-corrected chi connectivity index (χ1v) is 7.97. The topological polar surface area (TPSA) is 75.6 Å². The average Bonchev–Trinajstić information content (AvgIpc) is 2.37. The molecule has 1 atom stereocenters. The van der Waals surface area contributed by atoms with Gasteiger partial charge >= 0.3 is 5.97 Å². The average molecular weight is 423 g/mol. The third kappa shape index (κ3) is 6.05. The Morgan fingerprint density at radius 3 is 2.52 bits per heavy atom. The lowest BCUT2D eigenvalue weighted by Crippen LogP contribution is -2.37. The Morgan fingerprint density at radius 2 is 2.00 bits per heavy atom. The van der Waals surface area contributed by atoms with Crippen LogP contribution in [0.5, 0.6) is 5.75 Å². The molecule has 0 bridgehead atoms. The lowest BCUT2D eigenvalue weighted by Gasteiger charge is -2.17. The number of carboxylic acids is 1. The normalized spacial score (nSPS) is 12.0. The van der Waals surface area contributed by atoms with Crippen molar-refractivity contribution in [3.63, 3.8) is 0 Å². The molecular formula is C14H17Br2NO4. The molecule has 21 heavy (non-hydrogen) atoms. The quantitative estimate of drug-likeness (QED) is 0.707. The fourth-order valence-corrected chi connectivity index (χ4v) is 2.78. The zero-order chi connectivity index (χ0) is 16.0. The predicted molar refractivity (Wildman–Crippen MR) is 86.3 cm³/mol. The van der Waals surface area contributed by atoms with Gasteiger partial charge in [-0.25, -0.2) is 0 Å². The highest BCUT2D eigenvalue weighted by molar-refractivity contribution is 9.11. The zero-order valence-electron chi connectivity index (χ0n) is 11.7. The number of carboxylic acid groups (broad SMARTS) is 1. The molecule has 0 saturated heterocycles. The lowest BCUT2D eigenvalue weighted by atomic mass is 9.96. The van der Waals surface area contributed by atoms with E-state index in [9.17, 15) is 9.59 Å². The summed E-state index contributed by atoms with van der Waals surface area (Å²) < 4.78 is 7.01. The number of halogens is 2. The van der Waals surface area contributed by atoms with Gasteiger partial charge in [0.1, 0.15) is 5.75 Å². The fraction of sp³-hybridized carbons (Fsp3) is 0.429. The van der Waals surface area contributed by atoms with Crippen molar-refractivity contribution in [2.24, 2.45) is 11.8 Å². The molecular weight excluding hydrogens is 406 g/mol. The van der Waals surface area contributed by atoms with E-state index >= 15 is 0 Å². The van der Waals surface area contributed by atoms with Crippen LogP contribution in [-0.4, -0.2) is 30.1 Å². The van der Waals surface area contributed by atoms with Gasteiger partial charge in [0.25, 0.3) is 5.91 Å². The molecule has 0 spiro atoms. The summed E-state index contributed by atoms with van der Waals surface area (Å²) in [5.74, 6) is -1.37. The first-order chi connectivity index (χ1) is 9.81. The lowest BCUT2D eigenvalue weighted by molar-refractivity contribution is -0.143. The number of benzene rings is 1. The van der Waals surface area contributed by atoms with Crippen LogP contribution in [0.2, 0.25) is 0 Å². The van der Waals surface area contributed by atoms with Crippen molar-refractivity contribution in [1.29, 1.82) is 0 Å². The van der Waals surface area contributed by atoms with Crippen LogP contribution in [0.3, 0.4) is 0 Å². The number of nitrogens with one attached hydrogen (secondary N) is 1. The summed E-state index contributed by atoms with van der Waals surface area (Å²) in [6, 6.07) is 5.35. The number of rotatable bonds is 7. The molecule has 0 heterocycles. The highest BCUT2D eigenvalue weighted by atomic mass is 79.9. The molecule has 1 rings (SSSR count). The Kier molecular flexibility index (Phi) is 7.17. The number of amides is 1. The van der Waals surface area contributed by atoms with Crippen molar-refractivity contribution >= 4 is 43.7 Å². The Bertz CT molecular complexity index is 520. The van der Waals surface area contributed by atoms with Crippen molar-refractivity contribution in [3.05, 3.63) is 27.1 Å².